The minimum absolute atomic E-state index is 0.529. The highest BCUT2D eigenvalue weighted by molar-refractivity contribution is 14.1. The summed E-state index contributed by atoms with van der Waals surface area (Å²) in [6.45, 7) is 4.22. The molecule has 0 saturated carbocycles. The minimum atomic E-state index is 0.529. The molecule has 3 rings (SSSR count). The number of halogens is 2. The summed E-state index contributed by atoms with van der Waals surface area (Å²) in [5.41, 5.74) is 1.85. The lowest BCUT2D eigenvalue weighted by Gasteiger charge is -2.53. The van der Waals surface area contributed by atoms with Crippen LogP contribution in [0.4, 0.5) is 5.69 Å². The zero-order chi connectivity index (χ0) is 11.9. The van der Waals surface area contributed by atoms with Gasteiger partial charge < -0.3 is 9.64 Å². The normalized spacial score (nSPS) is 22.6. The van der Waals surface area contributed by atoms with Crippen molar-refractivity contribution in [2.45, 2.75) is 12.8 Å². The second kappa shape index (κ2) is 4.59. The molecule has 2 fully saturated rings. The first-order chi connectivity index (χ1) is 8.19. The highest BCUT2D eigenvalue weighted by Gasteiger charge is 2.44. The fraction of sp³-hybridized carbons (Fsp3) is 0.538. The topological polar surface area (TPSA) is 12.5 Å². The van der Waals surface area contributed by atoms with Crippen LogP contribution in [0.5, 0.6) is 0 Å². The lowest BCUT2D eigenvalue weighted by atomic mass is 9.73. The van der Waals surface area contributed by atoms with Crippen LogP contribution in [0, 0.1) is 8.99 Å². The molecule has 4 heteroatoms. The molecule has 17 heavy (non-hydrogen) atoms. The summed E-state index contributed by atoms with van der Waals surface area (Å²) in [7, 11) is 0. The van der Waals surface area contributed by atoms with Gasteiger partial charge in [-0.25, -0.2) is 0 Å². The number of hydrogen-bond donors (Lipinski definition) is 0. The van der Waals surface area contributed by atoms with Gasteiger partial charge in [0.25, 0.3) is 0 Å². The van der Waals surface area contributed by atoms with Crippen LogP contribution >= 0.6 is 34.2 Å². The number of nitrogens with zero attached hydrogens (tertiary/aromatic N) is 1. The van der Waals surface area contributed by atoms with Crippen LogP contribution in [0.25, 0.3) is 0 Å². The Kier molecular flexibility index (Phi) is 3.26. The maximum absolute atomic E-state index is 5.99. The van der Waals surface area contributed by atoms with Gasteiger partial charge in [0.15, 0.2) is 0 Å². The van der Waals surface area contributed by atoms with Crippen LogP contribution in [0.3, 0.4) is 0 Å². The largest absolute Gasteiger partial charge is 0.381 e. The fourth-order valence-corrected chi connectivity index (χ4v) is 4.00. The molecule has 1 spiro atoms. The van der Waals surface area contributed by atoms with E-state index in [4.69, 9.17) is 16.3 Å². The summed E-state index contributed by atoms with van der Waals surface area (Å²) >= 11 is 8.35. The number of ether oxygens (including phenoxy) is 1. The van der Waals surface area contributed by atoms with E-state index in [1.807, 2.05) is 12.1 Å². The first kappa shape index (κ1) is 12.1. The average molecular weight is 364 g/mol. The van der Waals surface area contributed by atoms with Crippen LogP contribution in [0.1, 0.15) is 12.8 Å². The van der Waals surface area contributed by atoms with E-state index in [2.05, 4.69) is 33.6 Å². The van der Waals surface area contributed by atoms with Crippen molar-refractivity contribution in [3.8, 4) is 0 Å². The molecule has 1 aromatic carbocycles. The Morgan fingerprint density at radius 2 is 1.94 bits per heavy atom. The van der Waals surface area contributed by atoms with Crippen LogP contribution in [0.15, 0.2) is 18.2 Å². The first-order valence-electron chi connectivity index (χ1n) is 5.96. The van der Waals surface area contributed by atoms with Crippen molar-refractivity contribution in [1.82, 2.24) is 0 Å². The highest BCUT2D eigenvalue weighted by atomic mass is 127. The molecular weight excluding hydrogens is 349 g/mol. The SMILES string of the molecule is Clc1ccc(N2CC3(CCOCC3)C2)c(I)c1. The van der Waals surface area contributed by atoms with Crippen LogP contribution in [-0.4, -0.2) is 26.3 Å². The van der Waals surface area contributed by atoms with Gasteiger partial charge in [0, 0.05) is 40.3 Å². The molecule has 0 unspecified atom stereocenters. The first-order valence-corrected chi connectivity index (χ1v) is 7.42. The van der Waals surface area contributed by atoms with E-state index in [1.54, 1.807) is 0 Å². The molecule has 0 amide bonds. The van der Waals surface area contributed by atoms with Crippen molar-refractivity contribution in [1.29, 1.82) is 0 Å². The molecule has 2 aliphatic heterocycles. The molecule has 2 saturated heterocycles. The van der Waals surface area contributed by atoms with E-state index >= 15 is 0 Å². The molecule has 1 aromatic rings. The maximum atomic E-state index is 5.99. The number of rotatable bonds is 1. The fourth-order valence-electron chi connectivity index (χ4n) is 2.79. The van der Waals surface area contributed by atoms with Gasteiger partial charge in [-0.3, -0.25) is 0 Å². The van der Waals surface area contributed by atoms with E-state index < -0.39 is 0 Å². The van der Waals surface area contributed by atoms with Crippen molar-refractivity contribution < 1.29 is 4.74 Å². The van der Waals surface area contributed by atoms with Gasteiger partial charge in [-0.05, 0) is 53.6 Å². The Morgan fingerprint density at radius 1 is 1.24 bits per heavy atom. The van der Waals surface area contributed by atoms with Gasteiger partial charge in [-0.1, -0.05) is 11.6 Å². The van der Waals surface area contributed by atoms with Gasteiger partial charge in [0.1, 0.15) is 0 Å². The third-order valence-corrected chi connectivity index (χ3v) is 4.96. The van der Waals surface area contributed by atoms with E-state index in [0.717, 1.165) is 18.2 Å². The molecule has 0 bridgehead atoms. The molecule has 0 aromatic heterocycles. The van der Waals surface area contributed by atoms with Gasteiger partial charge in [0.05, 0.1) is 5.69 Å². The monoisotopic (exact) mass is 363 g/mol. The maximum Gasteiger partial charge on any atom is 0.0503 e. The summed E-state index contributed by atoms with van der Waals surface area (Å²) in [4.78, 5) is 2.46. The smallest absolute Gasteiger partial charge is 0.0503 e. The van der Waals surface area contributed by atoms with Crippen LogP contribution < -0.4 is 4.90 Å². The summed E-state index contributed by atoms with van der Waals surface area (Å²) in [6, 6.07) is 6.15. The van der Waals surface area contributed by atoms with Gasteiger partial charge in [-0.2, -0.15) is 0 Å². The number of benzene rings is 1. The zero-order valence-electron chi connectivity index (χ0n) is 9.59. The van der Waals surface area contributed by atoms with Crippen molar-refractivity contribution in [2.75, 3.05) is 31.2 Å². The van der Waals surface area contributed by atoms with E-state index in [0.29, 0.717) is 5.41 Å². The lowest BCUT2D eigenvalue weighted by molar-refractivity contribution is -0.000238. The second-order valence-electron chi connectivity index (χ2n) is 5.06. The van der Waals surface area contributed by atoms with Crippen molar-refractivity contribution in [3.05, 3.63) is 26.8 Å². The van der Waals surface area contributed by atoms with Gasteiger partial charge >= 0.3 is 0 Å². The van der Waals surface area contributed by atoms with E-state index in [-0.39, 0.29) is 0 Å². The Morgan fingerprint density at radius 3 is 2.59 bits per heavy atom. The van der Waals surface area contributed by atoms with Crippen molar-refractivity contribution in [3.63, 3.8) is 0 Å². The molecule has 0 radical (unpaired) electrons. The summed E-state index contributed by atoms with van der Waals surface area (Å²) < 4.78 is 6.69. The molecule has 0 atom stereocenters. The second-order valence-corrected chi connectivity index (χ2v) is 6.66. The average Bonchev–Trinajstić information content (AvgIpc) is 2.27. The third kappa shape index (κ3) is 2.29. The highest BCUT2D eigenvalue weighted by Crippen LogP contribution is 2.43. The third-order valence-electron chi connectivity index (χ3n) is 3.86. The molecule has 2 heterocycles. The quantitative estimate of drug-likeness (QED) is 0.708. The Labute approximate surface area is 120 Å². The summed E-state index contributed by atoms with van der Waals surface area (Å²) in [6.07, 6.45) is 2.43. The standard InChI is InChI=1S/C13H15ClINO/c14-10-1-2-12(11(15)7-10)16-8-13(9-16)3-5-17-6-4-13/h1-2,7H,3-6,8-9H2. The number of anilines is 1. The molecule has 2 nitrogen and oxygen atoms in total. The van der Waals surface area contributed by atoms with Crippen LogP contribution in [0.2, 0.25) is 5.02 Å². The molecular formula is C13H15ClINO. The Hall–Kier alpha value is -0.000000000000000111. The summed E-state index contributed by atoms with van der Waals surface area (Å²) in [5, 5.41) is 0.819. The Bertz CT molecular complexity index is 423. The lowest BCUT2D eigenvalue weighted by Crippen LogP contribution is -2.58. The zero-order valence-corrected chi connectivity index (χ0v) is 12.5. The minimum Gasteiger partial charge on any atom is -0.381 e. The van der Waals surface area contributed by atoms with Gasteiger partial charge in [-0.15, -0.1) is 0 Å². The Balaban J connectivity index is 1.72. The van der Waals surface area contributed by atoms with Crippen molar-refractivity contribution in [2.24, 2.45) is 5.41 Å². The van der Waals surface area contributed by atoms with E-state index in [9.17, 15) is 0 Å². The predicted molar refractivity (Wildman–Crippen MR) is 78.9 cm³/mol. The van der Waals surface area contributed by atoms with Gasteiger partial charge in [0.2, 0.25) is 0 Å². The molecule has 2 aliphatic rings. The number of hydrogen-bond acceptors (Lipinski definition) is 2. The predicted octanol–water partition coefficient (Wildman–Crippen LogP) is 3.56. The molecule has 0 aliphatic carbocycles. The van der Waals surface area contributed by atoms with Crippen LogP contribution in [-0.2, 0) is 4.74 Å². The molecule has 92 valence electrons. The van der Waals surface area contributed by atoms with E-state index in [1.165, 1.54) is 35.2 Å². The molecule has 0 N–H and O–H groups in total. The summed E-state index contributed by atoms with van der Waals surface area (Å²) in [5.74, 6) is 0. The van der Waals surface area contributed by atoms with Crippen molar-refractivity contribution >= 4 is 39.9 Å².